The number of thioether (sulfide) groups is 1. The molecule has 1 aromatic carbocycles. The molecule has 1 aliphatic rings. The topological polar surface area (TPSA) is 62.7 Å². The Labute approximate surface area is 201 Å². The van der Waals surface area contributed by atoms with Crippen LogP contribution in [-0.2, 0) is 4.79 Å². The summed E-state index contributed by atoms with van der Waals surface area (Å²) in [5.41, 5.74) is 1.33. The van der Waals surface area contributed by atoms with Crippen LogP contribution in [0.3, 0.4) is 0 Å². The van der Waals surface area contributed by atoms with E-state index < -0.39 is 18.1 Å². The molecule has 1 N–H and O–H groups in total. The van der Waals surface area contributed by atoms with E-state index in [1.807, 2.05) is 30.0 Å². The van der Waals surface area contributed by atoms with E-state index >= 15 is 4.39 Å². The number of carboxylic acids is 1. The number of hydrogen-bond acceptors (Lipinski definition) is 5. The number of carbonyl (C=O) groups is 1. The first-order valence-corrected chi connectivity index (χ1v) is 12.8. The molecule has 0 aliphatic carbocycles. The maximum absolute atomic E-state index is 15.3. The summed E-state index contributed by atoms with van der Waals surface area (Å²) in [5.74, 6) is 0.556. The highest BCUT2D eigenvalue weighted by atomic mass is 32.2. The fourth-order valence-corrected chi connectivity index (χ4v) is 5.51. The van der Waals surface area contributed by atoms with Crippen LogP contribution < -0.4 is 4.74 Å². The summed E-state index contributed by atoms with van der Waals surface area (Å²) in [5, 5.41) is 10.6. The third-order valence-electron chi connectivity index (χ3n) is 6.42. The summed E-state index contributed by atoms with van der Waals surface area (Å²) in [7, 11) is 1.59. The Morgan fingerprint density at radius 1 is 1.36 bits per heavy atom. The number of halogens is 1. The van der Waals surface area contributed by atoms with Gasteiger partial charge < -0.3 is 14.7 Å². The maximum Gasteiger partial charge on any atom is 0.308 e. The maximum atomic E-state index is 15.3. The summed E-state index contributed by atoms with van der Waals surface area (Å²) in [4.78, 5) is 18.6. The zero-order valence-electron chi connectivity index (χ0n) is 20.2. The van der Waals surface area contributed by atoms with E-state index in [-0.39, 0.29) is 10.7 Å². The average molecular weight is 477 g/mol. The minimum atomic E-state index is -1.16. The number of ether oxygens (including phenoxy) is 1. The van der Waals surface area contributed by atoms with Crippen LogP contribution in [0.5, 0.6) is 5.75 Å². The lowest BCUT2D eigenvalue weighted by atomic mass is 9.81. The number of rotatable bonds is 10. The first-order valence-electron chi connectivity index (χ1n) is 11.8. The number of carboxylic acid groups (broad SMARTS) is 1. The Bertz CT molecular complexity index is 933. The molecule has 0 saturated carbocycles. The smallest absolute Gasteiger partial charge is 0.308 e. The quantitative estimate of drug-likeness (QED) is 0.426. The van der Waals surface area contributed by atoms with Gasteiger partial charge in [-0.25, -0.2) is 4.39 Å². The summed E-state index contributed by atoms with van der Waals surface area (Å²) in [6.07, 6.45) is 3.22. The second-order valence-electron chi connectivity index (χ2n) is 9.94. The minimum absolute atomic E-state index is 0.00332. The van der Waals surface area contributed by atoms with Gasteiger partial charge in [-0.3, -0.25) is 9.78 Å². The fraction of sp³-hybridized carbons (Fsp3) is 0.615. The molecule has 2 heterocycles. The molecule has 0 unspecified atom stereocenters. The molecular weight excluding hydrogens is 439 g/mol. The highest BCUT2D eigenvalue weighted by Gasteiger charge is 2.34. The molecule has 33 heavy (non-hydrogen) atoms. The van der Waals surface area contributed by atoms with Gasteiger partial charge in [0.05, 0.1) is 18.5 Å². The number of alkyl halides is 1. The van der Waals surface area contributed by atoms with Crippen LogP contribution in [0.2, 0.25) is 0 Å². The van der Waals surface area contributed by atoms with E-state index in [0.29, 0.717) is 30.7 Å². The van der Waals surface area contributed by atoms with Gasteiger partial charge in [-0.05, 0) is 80.3 Å². The number of fused-ring (bicyclic) bond motifs is 1. The van der Waals surface area contributed by atoms with Crippen LogP contribution >= 0.6 is 11.8 Å². The third kappa shape index (κ3) is 7.31. The number of piperidine rings is 1. The third-order valence-corrected chi connectivity index (χ3v) is 7.78. The van der Waals surface area contributed by atoms with E-state index in [1.54, 1.807) is 19.4 Å². The van der Waals surface area contributed by atoms with E-state index in [2.05, 4.69) is 30.7 Å². The molecule has 182 valence electrons. The Balaban J connectivity index is 1.57. The SMILES string of the molecule is COc1ccc2nccc([C@@H](F)CC[C@@H]3CCN(CCCSC(C)(C)C)C[C@@H]3C(=O)O)c2c1. The molecule has 1 aliphatic heterocycles. The first kappa shape index (κ1) is 25.8. The second kappa shape index (κ2) is 11.5. The number of methoxy groups -OCH3 is 1. The summed E-state index contributed by atoms with van der Waals surface area (Å²) in [6, 6.07) is 7.19. The van der Waals surface area contributed by atoms with Crippen LogP contribution in [0.25, 0.3) is 10.9 Å². The van der Waals surface area contributed by atoms with Gasteiger partial charge in [0.25, 0.3) is 0 Å². The molecule has 3 rings (SSSR count). The Morgan fingerprint density at radius 2 is 2.15 bits per heavy atom. The number of nitrogens with zero attached hydrogens (tertiary/aromatic N) is 2. The van der Waals surface area contributed by atoms with Crippen molar-refractivity contribution < 1.29 is 19.0 Å². The number of likely N-dealkylation sites (tertiary alicyclic amines) is 1. The van der Waals surface area contributed by atoms with Crippen LogP contribution in [0, 0.1) is 11.8 Å². The number of hydrogen-bond donors (Lipinski definition) is 1. The van der Waals surface area contributed by atoms with Crippen molar-refractivity contribution in [1.29, 1.82) is 0 Å². The normalized spacial score (nSPS) is 20.6. The minimum Gasteiger partial charge on any atom is -0.497 e. The second-order valence-corrected chi connectivity index (χ2v) is 11.9. The predicted molar refractivity (Wildman–Crippen MR) is 134 cm³/mol. The Kier molecular flexibility index (Phi) is 8.99. The fourth-order valence-electron chi connectivity index (χ4n) is 4.63. The average Bonchev–Trinajstić information content (AvgIpc) is 2.79. The summed E-state index contributed by atoms with van der Waals surface area (Å²) < 4.78 is 20.9. The van der Waals surface area contributed by atoms with Crippen molar-refractivity contribution in [3.8, 4) is 5.75 Å². The predicted octanol–water partition coefficient (Wildman–Crippen LogP) is 5.98. The van der Waals surface area contributed by atoms with Gasteiger partial charge in [-0.15, -0.1) is 0 Å². The van der Waals surface area contributed by atoms with E-state index in [0.717, 1.165) is 42.6 Å². The van der Waals surface area contributed by atoms with Crippen molar-refractivity contribution in [3.63, 3.8) is 0 Å². The number of aromatic nitrogens is 1. The van der Waals surface area contributed by atoms with Crippen LogP contribution in [0.4, 0.5) is 4.39 Å². The van der Waals surface area contributed by atoms with Crippen molar-refractivity contribution in [2.45, 2.75) is 57.4 Å². The monoisotopic (exact) mass is 476 g/mol. The van der Waals surface area contributed by atoms with Crippen molar-refractivity contribution in [2.24, 2.45) is 11.8 Å². The molecule has 0 bridgehead atoms. The van der Waals surface area contributed by atoms with Crippen LogP contribution in [0.15, 0.2) is 30.5 Å². The van der Waals surface area contributed by atoms with Crippen molar-refractivity contribution in [1.82, 2.24) is 9.88 Å². The molecule has 1 fully saturated rings. The lowest BCUT2D eigenvalue weighted by molar-refractivity contribution is -0.146. The molecule has 0 amide bonds. The molecule has 7 heteroatoms. The van der Waals surface area contributed by atoms with Gasteiger partial charge in [-0.1, -0.05) is 20.8 Å². The van der Waals surface area contributed by atoms with Crippen molar-refractivity contribution in [2.75, 3.05) is 32.5 Å². The highest BCUT2D eigenvalue weighted by Crippen LogP contribution is 2.35. The lowest BCUT2D eigenvalue weighted by Gasteiger charge is -2.37. The molecule has 1 saturated heterocycles. The van der Waals surface area contributed by atoms with E-state index in [9.17, 15) is 9.90 Å². The zero-order valence-corrected chi connectivity index (χ0v) is 21.0. The van der Waals surface area contributed by atoms with E-state index in [4.69, 9.17) is 4.74 Å². The number of aliphatic carboxylic acids is 1. The van der Waals surface area contributed by atoms with Gasteiger partial charge >= 0.3 is 5.97 Å². The Hall–Kier alpha value is -1.86. The molecule has 1 aromatic heterocycles. The molecule has 2 aromatic rings. The molecule has 5 nitrogen and oxygen atoms in total. The van der Waals surface area contributed by atoms with Crippen molar-refractivity contribution >= 4 is 28.6 Å². The zero-order chi connectivity index (χ0) is 24.0. The molecule has 0 spiro atoms. The van der Waals surface area contributed by atoms with Crippen molar-refractivity contribution in [3.05, 3.63) is 36.0 Å². The summed E-state index contributed by atoms with van der Waals surface area (Å²) >= 11 is 1.95. The summed E-state index contributed by atoms with van der Waals surface area (Å²) in [6.45, 7) is 9.02. The number of pyridine rings is 1. The van der Waals surface area contributed by atoms with Gasteiger partial charge in [0, 0.05) is 22.9 Å². The number of benzene rings is 1. The largest absolute Gasteiger partial charge is 0.497 e. The molecular formula is C26H37FN2O3S. The van der Waals surface area contributed by atoms with Gasteiger partial charge in [0.1, 0.15) is 11.9 Å². The molecule has 3 atom stereocenters. The standard InChI is InChI=1S/C26H37FN2O3S/c1-26(2,3)33-15-5-13-29-14-11-18(22(17-29)25(30)31)6-8-23(27)20-10-12-28-24-9-7-19(32-4)16-21(20)24/h7,9-10,12,16,18,22-23H,5-6,8,11,13-15,17H2,1-4H3,(H,30,31)/t18-,22+,23+/m1/s1. The van der Waals surface area contributed by atoms with Gasteiger partial charge in [0.15, 0.2) is 0 Å². The lowest BCUT2D eigenvalue weighted by Crippen LogP contribution is -2.44. The molecule has 0 radical (unpaired) electrons. The Morgan fingerprint density at radius 3 is 2.85 bits per heavy atom. The van der Waals surface area contributed by atoms with Gasteiger partial charge in [-0.2, -0.15) is 11.8 Å². The van der Waals surface area contributed by atoms with Crippen LogP contribution in [-0.4, -0.2) is 58.2 Å². The van der Waals surface area contributed by atoms with Crippen LogP contribution in [0.1, 0.15) is 58.2 Å². The highest BCUT2D eigenvalue weighted by molar-refractivity contribution is 8.00. The van der Waals surface area contributed by atoms with E-state index in [1.165, 1.54) is 0 Å². The first-order chi connectivity index (χ1) is 15.7. The van der Waals surface area contributed by atoms with Gasteiger partial charge in [0.2, 0.25) is 0 Å².